The summed E-state index contributed by atoms with van der Waals surface area (Å²) in [5.74, 6) is -0.299. The molecule has 25 heavy (non-hydrogen) atoms. The number of aromatic nitrogens is 1. The lowest BCUT2D eigenvalue weighted by atomic mass is 10.1. The van der Waals surface area contributed by atoms with Crippen molar-refractivity contribution in [2.45, 2.75) is 38.3 Å². The Labute approximate surface area is 148 Å². The van der Waals surface area contributed by atoms with Crippen molar-refractivity contribution in [3.05, 3.63) is 65.5 Å². The van der Waals surface area contributed by atoms with Crippen molar-refractivity contribution in [2.75, 3.05) is 7.05 Å². The van der Waals surface area contributed by atoms with Crippen molar-refractivity contribution >= 4 is 11.8 Å². The lowest BCUT2D eigenvalue weighted by Gasteiger charge is -2.18. The number of carbonyl (C=O) groups excluding carboxylic acids is 2. The second-order valence-corrected chi connectivity index (χ2v) is 6.56. The molecule has 0 spiro atoms. The van der Waals surface area contributed by atoms with E-state index in [9.17, 15) is 9.59 Å². The Kier molecular flexibility index (Phi) is 5.43. The van der Waals surface area contributed by atoms with Crippen molar-refractivity contribution < 1.29 is 9.59 Å². The summed E-state index contributed by atoms with van der Waals surface area (Å²) in [7, 11) is 1.75. The van der Waals surface area contributed by atoms with E-state index in [0.29, 0.717) is 17.7 Å². The van der Waals surface area contributed by atoms with Crippen LogP contribution in [0.4, 0.5) is 0 Å². The van der Waals surface area contributed by atoms with E-state index < -0.39 is 0 Å². The molecule has 0 unspecified atom stereocenters. The number of pyridine rings is 1. The number of rotatable bonds is 5. The van der Waals surface area contributed by atoms with E-state index in [2.05, 4.69) is 10.3 Å². The molecule has 1 aromatic carbocycles. The third kappa shape index (κ3) is 4.44. The minimum absolute atomic E-state index is 0.146. The van der Waals surface area contributed by atoms with E-state index in [0.717, 1.165) is 31.2 Å². The Hall–Kier alpha value is -2.69. The van der Waals surface area contributed by atoms with Gasteiger partial charge < -0.3 is 10.2 Å². The van der Waals surface area contributed by atoms with Gasteiger partial charge in [0.05, 0.1) is 11.1 Å². The van der Waals surface area contributed by atoms with Crippen LogP contribution in [-0.2, 0) is 6.54 Å². The van der Waals surface area contributed by atoms with Crippen molar-refractivity contribution in [2.24, 2.45) is 0 Å². The quantitative estimate of drug-likeness (QED) is 0.912. The number of carbonyl (C=O) groups is 2. The van der Waals surface area contributed by atoms with Gasteiger partial charge in [-0.25, -0.2) is 0 Å². The Morgan fingerprint density at radius 1 is 1.12 bits per heavy atom. The summed E-state index contributed by atoms with van der Waals surface area (Å²) in [4.78, 5) is 30.7. The molecule has 0 atom stereocenters. The zero-order chi connectivity index (χ0) is 17.6. The molecule has 1 heterocycles. The first kappa shape index (κ1) is 17.1. The third-order valence-corrected chi connectivity index (χ3v) is 4.55. The average molecular weight is 337 g/mol. The molecule has 1 aromatic heterocycles. The number of amides is 2. The Morgan fingerprint density at radius 2 is 1.80 bits per heavy atom. The van der Waals surface area contributed by atoms with Crippen LogP contribution >= 0.6 is 0 Å². The second-order valence-electron chi connectivity index (χ2n) is 6.56. The summed E-state index contributed by atoms with van der Waals surface area (Å²) < 4.78 is 0. The molecular formula is C20H23N3O2. The Balaban J connectivity index is 1.67. The Morgan fingerprint density at radius 3 is 2.52 bits per heavy atom. The topological polar surface area (TPSA) is 62.3 Å². The van der Waals surface area contributed by atoms with Gasteiger partial charge >= 0.3 is 0 Å². The van der Waals surface area contributed by atoms with E-state index >= 15 is 0 Å². The molecule has 2 aromatic rings. The first-order valence-corrected chi connectivity index (χ1v) is 8.69. The van der Waals surface area contributed by atoms with Gasteiger partial charge in [-0.3, -0.25) is 14.6 Å². The lowest BCUT2D eigenvalue weighted by Crippen LogP contribution is -2.33. The summed E-state index contributed by atoms with van der Waals surface area (Å²) in [5, 5.41) is 3.03. The Bertz CT molecular complexity index is 740. The summed E-state index contributed by atoms with van der Waals surface area (Å²) in [6.07, 6.45) is 7.39. The fraction of sp³-hybridized carbons (Fsp3) is 0.350. The lowest BCUT2D eigenvalue weighted by molar-refractivity contribution is 0.0784. The first-order valence-electron chi connectivity index (χ1n) is 8.69. The normalized spacial score (nSPS) is 14.3. The van der Waals surface area contributed by atoms with E-state index in [1.165, 1.54) is 12.4 Å². The van der Waals surface area contributed by atoms with E-state index in [1.54, 1.807) is 18.0 Å². The molecule has 2 amide bonds. The fourth-order valence-corrected chi connectivity index (χ4v) is 3.17. The van der Waals surface area contributed by atoms with Crippen LogP contribution < -0.4 is 5.32 Å². The van der Waals surface area contributed by atoms with Crippen molar-refractivity contribution in [1.82, 2.24) is 15.2 Å². The largest absolute Gasteiger partial charge is 0.349 e. The maximum Gasteiger partial charge on any atom is 0.255 e. The predicted octanol–water partition coefficient (Wildman–Crippen LogP) is 3.03. The highest BCUT2D eigenvalue weighted by Crippen LogP contribution is 2.18. The number of nitrogens with zero attached hydrogens (tertiary/aromatic N) is 2. The highest BCUT2D eigenvalue weighted by atomic mass is 16.2. The van der Waals surface area contributed by atoms with Gasteiger partial charge in [0.2, 0.25) is 0 Å². The van der Waals surface area contributed by atoms with Crippen LogP contribution in [0.5, 0.6) is 0 Å². The third-order valence-electron chi connectivity index (χ3n) is 4.55. The molecule has 0 bridgehead atoms. The molecule has 0 aliphatic heterocycles. The van der Waals surface area contributed by atoms with Crippen LogP contribution in [0.25, 0.3) is 0 Å². The summed E-state index contributed by atoms with van der Waals surface area (Å²) in [6, 6.07) is 11.7. The maximum absolute atomic E-state index is 12.6. The highest BCUT2D eigenvalue weighted by molar-refractivity contribution is 5.99. The van der Waals surface area contributed by atoms with Gasteiger partial charge in [0, 0.05) is 32.0 Å². The van der Waals surface area contributed by atoms with E-state index in [1.807, 2.05) is 30.3 Å². The van der Waals surface area contributed by atoms with Gasteiger partial charge in [0.15, 0.2) is 0 Å². The molecule has 1 fully saturated rings. The first-order chi connectivity index (χ1) is 12.1. The van der Waals surface area contributed by atoms with E-state index in [4.69, 9.17) is 0 Å². The smallest absolute Gasteiger partial charge is 0.255 e. The van der Waals surface area contributed by atoms with Gasteiger partial charge in [-0.15, -0.1) is 0 Å². The van der Waals surface area contributed by atoms with Gasteiger partial charge in [0.1, 0.15) is 0 Å². The number of benzene rings is 1. The molecule has 5 nitrogen and oxygen atoms in total. The maximum atomic E-state index is 12.6. The molecule has 0 radical (unpaired) electrons. The minimum Gasteiger partial charge on any atom is -0.349 e. The van der Waals surface area contributed by atoms with Crippen LogP contribution in [0.15, 0.2) is 48.8 Å². The summed E-state index contributed by atoms with van der Waals surface area (Å²) in [6.45, 7) is 0.512. The van der Waals surface area contributed by atoms with Gasteiger partial charge in [0.25, 0.3) is 11.8 Å². The van der Waals surface area contributed by atoms with Crippen LogP contribution in [0.2, 0.25) is 0 Å². The molecule has 1 aliphatic rings. The summed E-state index contributed by atoms with van der Waals surface area (Å²) in [5.41, 5.74) is 1.92. The van der Waals surface area contributed by atoms with Gasteiger partial charge in [-0.2, -0.15) is 0 Å². The van der Waals surface area contributed by atoms with E-state index in [-0.39, 0.29) is 17.9 Å². The molecule has 3 rings (SSSR count). The van der Waals surface area contributed by atoms with Crippen LogP contribution in [0.3, 0.4) is 0 Å². The molecule has 1 aliphatic carbocycles. The average Bonchev–Trinajstić information content (AvgIpc) is 3.15. The predicted molar refractivity (Wildman–Crippen MR) is 96.2 cm³/mol. The number of nitrogens with one attached hydrogen (secondary N) is 1. The zero-order valence-corrected chi connectivity index (χ0v) is 14.4. The fourth-order valence-electron chi connectivity index (χ4n) is 3.17. The van der Waals surface area contributed by atoms with Crippen molar-refractivity contribution in [3.63, 3.8) is 0 Å². The molecule has 1 saturated carbocycles. The summed E-state index contributed by atoms with van der Waals surface area (Å²) >= 11 is 0. The van der Waals surface area contributed by atoms with Crippen molar-refractivity contribution in [3.8, 4) is 0 Å². The molecule has 0 saturated heterocycles. The zero-order valence-electron chi connectivity index (χ0n) is 14.4. The number of hydrogen-bond acceptors (Lipinski definition) is 3. The van der Waals surface area contributed by atoms with Crippen LogP contribution in [-0.4, -0.2) is 34.8 Å². The minimum atomic E-state index is -0.153. The van der Waals surface area contributed by atoms with Crippen LogP contribution in [0, 0.1) is 0 Å². The van der Waals surface area contributed by atoms with Gasteiger partial charge in [-0.05, 0) is 24.5 Å². The molecular weight excluding hydrogens is 314 g/mol. The number of hydrogen-bond donors (Lipinski definition) is 1. The molecule has 1 N–H and O–H groups in total. The molecule has 5 heteroatoms. The van der Waals surface area contributed by atoms with Gasteiger partial charge in [-0.1, -0.05) is 43.2 Å². The monoisotopic (exact) mass is 337 g/mol. The standard InChI is InChI=1S/C20H23N3O2/c1-23(14-15-7-3-2-4-8-15)20(25)17-11-16(12-21-13-17)19(24)22-18-9-5-6-10-18/h2-4,7-8,11-13,18H,5-6,9-10,14H2,1H3,(H,22,24). The highest BCUT2D eigenvalue weighted by Gasteiger charge is 2.19. The second kappa shape index (κ2) is 7.92. The molecule has 130 valence electrons. The van der Waals surface area contributed by atoms with Crippen molar-refractivity contribution in [1.29, 1.82) is 0 Å². The SMILES string of the molecule is CN(Cc1ccccc1)C(=O)c1cncc(C(=O)NC2CCCC2)c1. The van der Waals surface area contributed by atoms with Crippen LogP contribution in [0.1, 0.15) is 52.0 Å².